The van der Waals surface area contributed by atoms with E-state index in [1.165, 1.54) is 0 Å². The predicted molar refractivity (Wildman–Crippen MR) is 57.1 cm³/mol. The van der Waals surface area contributed by atoms with E-state index in [2.05, 4.69) is 14.9 Å². The number of aromatic nitrogens is 2. The molecule has 8 heteroatoms. The summed E-state index contributed by atoms with van der Waals surface area (Å²) in [5, 5.41) is 6.37. The molecule has 0 saturated heterocycles. The van der Waals surface area contributed by atoms with Crippen LogP contribution in [-0.4, -0.2) is 31.1 Å². The summed E-state index contributed by atoms with van der Waals surface area (Å²) in [5.41, 5.74) is 5.76. The number of nitrogens with one attached hydrogen (secondary N) is 2. The van der Waals surface area contributed by atoms with Crippen LogP contribution in [0.3, 0.4) is 0 Å². The summed E-state index contributed by atoms with van der Waals surface area (Å²) >= 11 is 0. The molecule has 0 aliphatic rings. The van der Waals surface area contributed by atoms with Crippen molar-refractivity contribution in [1.29, 1.82) is 0 Å². The summed E-state index contributed by atoms with van der Waals surface area (Å²) in [7, 11) is -3.63. The normalized spacial score (nSPS) is 11.6. The van der Waals surface area contributed by atoms with Crippen molar-refractivity contribution in [3.63, 3.8) is 0 Å². The zero-order chi connectivity index (χ0) is 12.3. The SMILES string of the molecule is Cc1n[nH]c(C)c1S(=O)(=O)NCCC(N)=O. The van der Waals surface area contributed by atoms with Gasteiger partial charge in [-0.2, -0.15) is 5.10 Å². The van der Waals surface area contributed by atoms with Gasteiger partial charge in [-0.05, 0) is 13.8 Å². The van der Waals surface area contributed by atoms with Crippen molar-refractivity contribution in [1.82, 2.24) is 14.9 Å². The quantitative estimate of drug-likeness (QED) is 0.629. The maximum absolute atomic E-state index is 11.8. The number of hydrogen-bond acceptors (Lipinski definition) is 4. The number of carbonyl (C=O) groups is 1. The largest absolute Gasteiger partial charge is 0.370 e. The van der Waals surface area contributed by atoms with Gasteiger partial charge in [0.05, 0.1) is 11.4 Å². The van der Waals surface area contributed by atoms with Gasteiger partial charge in [0.2, 0.25) is 15.9 Å². The molecule has 0 spiro atoms. The molecule has 7 nitrogen and oxygen atoms in total. The average molecular weight is 246 g/mol. The third kappa shape index (κ3) is 2.80. The molecule has 1 aromatic heterocycles. The first-order valence-electron chi connectivity index (χ1n) is 4.64. The summed E-state index contributed by atoms with van der Waals surface area (Å²) in [4.78, 5) is 10.6. The Morgan fingerprint density at radius 2 is 2.12 bits per heavy atom. The highest BCUT2D eigenvalue weighted by atomic mass is 32.2. The molecule has 1 heterocycles. The minimum absolute atomic E-state index is 0.0122. The van der Waals surface area contributed by atoms with E-state index in [0.717, 1.165) is 0 Å². The first-order chi connectivity index (χ1) is 7.34. The highest BCUT2D eigenvalue weighted by Crippen LogP contribution is 2.15. The molecule has 1 amide bonds. The zero-order valence-corrected chi connectivity index (χ0v) is 9.89. The molecule has 1 aromatic rings. The van der Waals surface area contributed by atoms with Crippen LogP contribution in [-0.2, 0) is 14.8 Å². The van der Waals surface area contributed by atoms with Gasteiger partial charge >= 0.3 is 0 Å². The first-order valence-corrected chi connectivity index (χ1v) is 6.12. The van der Waals surface area contributed by atoms with Crippen molar-refractivity contribution in [2.45, 2.75) is 25.2 Å². The lowest BCUT2D eigenvalue weighted by atomic mass is 10.4. The fourth-order valence-electron chi connectivity index (χ4n) is 1.32. The monoisotopic (exact) mass is 246 g/mol. The van der Waals surface area contributed by atoms with E-state index in [1.807, 2.05) is 0 Å². The van der Waals surface area contributed by atoms with Crippen LogP contribution in [0.25, 0.3) is 0 Å². The summed E-state index contributed by atoms with van der Waals surface area (Å²) < 4.78 is 25.9. The van der Waals surface area contributed by atoms with Crippen LogP contribution < -0.4 is 10.5 Å². The van der Waals surface area contributed by atoms with Gasteiger partial charge < -0.3 is 5.73 Å². The number of aryl methyl sites for hydroxylation is 2. The van der Waals surface area contributed by atoms with E-state index in [1.54, 1.807) is 13.8 Å². The molecule has 0 atom stereocenters. The number of aromatic amines is 1. The van der Waals surface area contributed by atoms with Gasteiger partial charge in [0.15, 0.2) is 0 Å². The van der Waals surface area contributed by atoms with Gasteiger partial charge in [-0.25, -0.2) is 13.1 Å². The second-order valence-electron chi connectivity index (χ2n) is 3.38. The van der Waals surface area contributed by atoms with Crippen LogP contribution in [0, 0.1) is 13.8 Å². The maximum Gasteiger partial charge on any atom is 0.244 e. The minimum atomic E-state index is -3.63. The molecule has 4 N–H and O–H groups in total. The molecule has 0 aromatic carbocycles. The molecule has 0 bridgehead atoms. The molecule has 0 unspecified atom stereocenters. The van der Waals surface area contributed by atoms with Crippen LogP contribution in [0.1, 0.15) is 17.8 Å². The molecule has 90 valence electrons. The van der Waals surface area contributed by atoms with Crippen molar-refractivity contribution in [2.24, 2.45) is 5.73 Å². The number of carbonyl (C=O) groups excluding carboxylic acids is 1. The van der Waals surface area contributed by atoms with Gasteiger partial charge in [-0.3, -0.25) is 9.89 Å². The average Bonchev–Trinajstić information content (AvgIpc) is 2.45. The standard InChI is InChI=1S/C8H14N4O3S/c1-5-8(6(2)12-11-5)16(14,15)10-4-3-7(9)13/h10H,3-4H2,1-2H3,(H2,9,13)(H,11,12). The maximum atomic E-state index is 11.8. The van der Waals surface area contributed by atoms with Gasteiger partial charge in [-0.1, -0.05) is 0 Å². The van der Waals surface area contributed by atoms with Gasteiger partial charge in [0.1, 0.15) is 4.90 Å². The Kier molecular flexibility index (Phi) is 3.66. The van der Waals surface area contributed by atoms with E-state index in [9.17, 15) is 13.2 Å². The van der Waals surface area contributed by atoms with Crippen molar-refractivity contribution < 1.29 is 13.2 Å². The van der Waals surface area contributed by atoms with E-state index < -0.39 is 15.9 Å². The van der Waals surface area contributed by atoms with Crippen molar-refractivity contribution in [3.05, 3.63) is 11.4 Å². The van der Waals surface area contributed by atoms with E-state index >= 15 is 0 Å². The summed E-state index contributed by atoms with van der Waals surface area (Å²) in [6, 6.07) is 0. The Hall–Kier alpha value is -1.41. The third-order valence-corrected chi connectivity index (χ3v) is 3.72. The Bertz CT molecular complexity index is 472. The Labute approximate surface area is 93.5 Å². The lowest BCUT2D eigenvalue weighted by Gasteiger charge is -2.05. The minimum Gasteiger partial charge on any atom is -0.370 e. The van der Waals surface area contributed by atoms with Crippen LogP contribution in [0.4, 0.5) is 0 Å². The van der Waals surface area contributed by atoms with Crippen molar-refractivity contribution in [3.8, 4) is 0 Å². The van der Waals surface area contributed by atoms with E-state index in [-0.39, 0.29) is 17.9 Å². The number of hydrogen-bond donors (Lipinski definition) is 3. The molecular formula is C8H14N4O3S. The number of H-pyrrole nitrogens is 1. The molecule has 1 rings (SSSR count). The highest BCUT2D eigenvalue weighted by Gasteiger charge is 2.21. The number of nitrogens with two attached hydrogens (primary N) is 1. The third-order valence-electron chi connectivity index (χ3n) is 1.99. The highest BCUT2D eigenvalue weighted by molar-refractivity contribution is 7.89. The second kappa shape index (κ2) is 4.62. The molecule has 0 aliphatic heterocycles. The smallest absolute Gasteiger partial charge is 0.244 e. The first kappa shape index (κ1) is 12.7. The molecule has 0 aliphatic carbocycles. The molecule has 16 heavy (non-hydrogen) atoms. The Morgan fingerprint density at radius 3 is 2.56 bits per heavy atom. The van der Waals surface area contributed by atoms with Crippen LogP contribution in [0.5, 0.6) is 0 Å². The van der Waals surface area contributed by atoms with E-state index in [4.69, 9.17) is 5.73 Å². The number of sulfonamides is 1. The molecule has 0 fully saturated rings. The molecule has 0 saturated carbocycles. The Morgan fingerprint density at radius 1 is 1.50 bits per heavy atom. The predicted octanol–water partition coefficient (Wildman–Crippen LogP) is -0.820. The Balaban J connectivity index is 2.83. The number of nitrogens with zero attached hydrogens (tertiary/aromatic N) is 1. The summed E-state index contributed by atoms with van der Waals surface area (Å²) in [6.45, 7) is 3.19. The van der Waals surface area contributed by atoms with Gasteiger partial charge in [-0.15, -0.1) is 0 Å². The molecule has 0 radical (unpaired) electrons. The number of amides is 1. The fourth-order valence-corrected chi connectivity index (χ4v) is 2.72. The number of rotatable bonds is 5. The summed E-state index contributed by atoms with van der Waals surface area (Å²) in [6.07, 6.45) is -0.0326. The van der Waals surface area contributed by atoms with E-state index in [0.29, 0.717) is 11.4 Å². The number of primary amides is 1. The van der Waals surface area contributed by atoms with Crippen LogP contribution in [0.15, 0.2) is 4.90 Å². The van der Waals surface area contributed by atoms with Crippen molar-refractivity contribution in [2.75, 3.05) is 6.54 Å². The van der Waals surface area contributed by atoms with Gasteiger partial charge in [0, 0.05) is 13.0 Å². The second-order valence-corrected chi connectivity index (χ2v) is 5.08. The fraction of sp³-hybridized carbons (Fsp3) is 0.500. The van der Waals surface area contributed by atoms with Crippen LogP contribution in [0.2, 0.25) is 0 Å². The zero-order valence-electron chi connectivity index (χ0n) is 9.07. The van der Waals surface area contributed by atoms with Crippen molar-refractivity contribution >= 4 is 15.9 Å². The topological polar surface area (TPSA) is 118 Å². The van der Waals surface area contributed by atoms with Gasteiger partial charge in [0.25, 0.3) is 0 Å². The van der Waals surface area contributed by atoms with Crippen LogP contribution >= 0.6 is 0 Å². The lowest BCUT2D eigenvalue weighted by molar-refractivity contribution is -0.117. The summed E-state index contributed by atoms with van der Waals surface area (Å²) in [5.74, 6) is -0.552. The molecular weight excluding hydrogens is 232 g/mol. The lowest BCUT2D eigenvalue weighted by Crippen LogP contribution is -2.28.